The molecular weight excluding hydrogens is 252 g/mol. The Kier molecular flexibility index (Phi) is 3.85. The van der Waals surface area contributed by atoms with E-state index in [-0.39, 0.29) is 0 Å². The summed E-state index contributed by atoms with van der Waals surface area (Å²) in [7, 11) is 0. The zero-order valence-corrected chi connectivity index (χ0v) is 10.8. The van der Waals surface area contributed by atoms with Crippen molar-refractivity contribution < 1.29 is 18.7 Å². The molecule has 0 saturated carbocycles. The van der Waals surface area contributed by atoms with Gasteiger partial charge >= 0.3 is 5.97 Å². The molecule has 2 rings (SSSR count). The standard InChI is InChI=1S/C14H17F2NO2/c1-14(13(18)19)4-6-17(7-5-14)9-10-8-11(15)2-3-12(10)16/h2-3,8H,4-7,9H2,1H3,(H,18,19). The topological polar surface area (TPSA) is 40.5 Å². The lowest BCUT2D eigenvalue weighted by molar-refractivity contribution is -0.150. The predicted octanol–water partition coefficient (Wildman–Crippen LogP) is 2.65. The lowest BCUT2D eigenvalue weighted by Crippen LogP contribution is -2.42. The number of hydrogen-bond acceptors (Lipinski definition) is 2. The molecule has 0 radical (unpaired) electrons. The second-order valence-electron chi connectivity index (χ2n) is 5.38. The van der Waals surface area contributed by atoms with Crippen LogP contribution in [0.15, 0.2) is 18.2 Å². The van der Waals surface area contributed by atoms with E-state index in [1.54, 1.807) is 6.92 Å². The van der Waals surface area contributed by atoms with Crippen LogP contribution in [0.3, 0.4) is 0 Å². The fourth-order valence-corrected chi connectivity index (χ4v) is 2.32. The monoisotopic (exact) mass is 269 g/mol. The van der Waals surface area contributed by atoms with Crippen LogP contribution in [0.1, 0.15) is 25.3 Å². The summed E-state index contributed by atoms with van der Waals surface area (Å²) in [5, 5.41) is 9.13. The number of halogens is 2. The third kappa shape index (κ3) is 3.10. The molecule has 0 atom stereocenters. The van der Waals surface area contributed by atoms with Gasteiger partial charge in [0.15, 0.2) is 0 Å². The summed E-state index contributed by atoms with van der Waals surface area (Å²) in [4.78, 5) is 13.1. The Bertz CT molecular complexity index is 482. The molecule has 1 aliphatic rings. The zero-order valence-electron chi connectivity index (χ0n) is 10.8. The number of rotatable bonds is 3. The van der Waals surface area contributed by atoms with Gasteiger partial charge in [-0.2, -0.15) is 0 Å². The van der Waals surface area contributed by atoms with Crippen LogP contribution in [0.5, 0.6) is 0 Å². The van der Waals surface area contributed by atoms with Crippen LogP contribution < -0.4 is 0 Å². The maximum absolute atomic E-state index is 13.5. The number of piperidine rings is 1. The zero-order chi connectivity index (χ0) is 14.0. The maximum atomic E-state index is 13.5. The number of carboxylic acid groups (broad SMARTS) is 1. The van der Waals surface area contributed by atoms with Crippen molar-refractivity contribution in [2.24, 2.45) is 5.41 Å². The summed E-state index contributed by atoms with van der Waals surface area (Å²) in [6.45, 7) is 3.21. The molecule has 19 heavy (non-hydrogen) atoms. The fraction of sp³-hybridized carbons (Fsp3) is 0.500. The van der Waals surface area contributed by atoms with E-state index in [1.807, 2.05) is 4.90 Å². The van der Waals surface area contributed by atoms with Gasteiger partial charge in [0.25, 0.3) is 0 Å². The Morgan fingerprint density at radius 2 is 2.00 bits per heavy atom. The first-order valence-electron chi connectivity index (χ1n) is 6.30. The highest BCUT2D eigenvalue weighted by molar-refractivity contribution is 5.74. The van der Waals surface area contributed by atoms with E-state index in [4.69, 9.17) is 5.11 Å². The molecule has 1 saturated heterocycles. The molecule has 0 spiro atoms. The minimum absolute atomic E-state index is 0.318. The molecule has 0 aromatic heterocycles. The fourth-order valence-electron chi connectivity index (χ4n) is 2.32. The minimum atomic E-state index is -0.788. The summed E-state index contributed by atoms with van der Waals surface area (Å²) in [5.74, 6) is -1.67. The van der Waals surface area contributed by atoms with Crippen molar-refractivity contribution in [3.63, 3.8) is 0 Å². The van der Waals surface area contributed by atoms with Crippen molar-refractivity contribution in [3.8, 4) is 0 Å². The van der Waals surface area contributed by atoms with Gasteiger partial charge in [-0.05, 0) is 51.1 Å². The third-order valence-electron chi connectivity index (χ3n) is 3.88. The smallest absolute Gasteiger partial charge is 0.309 e. The highest BCUT2D eigenvalue weighted by atomic mass is 19.1. The molecule has 1 aromatic rings. The average Bonchev–Trinajstić information content (AvgIpc) is 2.36. The number of carboxylic acids is 1. The molecule has 0 unspecified atom stereocenters. The molecule has 3 nitrogen and oxygen atoms in total. The normalized spacial score (nSPS) is 19.3. The quantitative estimate of drug-likeness (QED) is 0.917. The number of nitrogens with zero attached hydrogens (tertiary/aromatic N) is 1. The first kappa shape index (κ1) is 13.9. The molecule has 5 heteroatoms. The summed E-state index contributed by atoms with van der Waals surface area (Å²) in [6, 6.07) is 3.41. The molecule has 1 aromatic carbocycles. The molecular formula is C14H17F2NO2. The van der Waals surface area contributed by atoms with Crippen LogP contribution >= 0.6 is 0 Å². The Labute approximate surface area is 110 Å². The van der Waals surface area contributed by atoms with E-state index in [1.165, 1.54) is 6.07 Å². The Morgan fingerprint density at radius 1 is 1.37 bits per heavy atom. The van der Waals surface area contributed by atoms with Crippen molar-refractivity contribution in [2.75, 3.05) is 13.1 Å². The van der Waals surface area contributed by atoms with Gasteiger partial charge in [-0.15, -0.1) is 0 Å². The van der Waals surface area contributed by atoms with Crippen molar-refractivity contribution in [1.82, 2.24) is 4.90 Å². The molecule has 1 N–H and O–H groups in total. The van der Waals surface area contributed by atoms with Crippen molar-refractivity contribution >= 4 is 5.97 Å². The number of hydrogen-bond donors (Lipinski definition) is 1. The van der Waals surface area contributed by atoms with E-state index in [0.717, 1.165) is 12.1 Å². The Balaban J connectivity index is 1.99. The van der Waals surface area contributed by atoms with Gasteiger partial charge in [0.2, 0.25) is 0 Å². The van der Waals surface area contributed by atoms with Gasteiger partial charge in [-0.1, -0.05) is 0 Å². The first-order valence-corrected chi connectivity index (χ1v) is 6.30. The van der Waals surface area contributed by atoms with Crippen LogP contribution in [0.4, 0.5) is 8.78 Å². The third-order valence-corrected chi connectivity index (χ3v) is 3.88. The molecule has 1 fully saturated rings. The highest BCUT2D eigenvalue weighted by Crippen LogP contribution is 2.31. The number of likely N-dealkylation sites (tertiary alicyclic amines) is 1. The maximum Gasteiger partial charge on any atom is 0.309 e. The minimum Gasteiger partial charge on any atom is -0.481 e. The van der Waals surface area contributed by atoms with E-state index >= 15 is 0 Å². The van der Waals surface area contributed by atoms with Crippen molar-refractivity contribution in [1.29, 1.82) is 0 Å². The van der Waals surface area contributed by atoms with E-state index in [9.17, 15) is 13.6 Å². The van der Waals surface area contributed by atoms with Crippen LogP contribution in [-0.2, 0) is 11.3 Å². The number of aliphatic carboxylic acids is 1. The lowest BCUT2D eigenvalue weighted by atomic mass is 9.80. The van der Waals surface area contributed by atoms with E-state index in [2.05, 4.69) is 0 Å². The highest BCUT2D eigenvalue weighted by Gasteiger charge is 2.36. The van der Waals surface area contributed by atoms with Crippen molar-refractivity contribution in [2.45, 2.75) is 26.3 Å². The molecule has 0 bridgehead atoms. The second kappa shape index (κ2) is 5.25. The SMILES string of the molecule is CC1(C(=O)O)CCN(Cc2cc(F)ccc2F)CC1. The summed E-state index contributed by atoms with van der Waals surface area (Å²) in [6.07, 6.45) is 1.05. The largest absolute Gasteiger partial charge is 0.481 e. The van der Waals surface area contributed by atoms with Gasteiger partial charge in [-0.3, -0.25) is 9.69 Å². The predicted molar refractivity (Wildman–Crippen MR) is 66.6 cm³/mol. The van der Waals surface area contributed by atoms with Gasteiger partial charge < -0.3 is 5.11 Å². The Hall–Kier alpha value is -1.49. The van der Waals surface area contributed by atoms with Crippen LogP contribution in [0, 0.1) is 17.0 Å². The van der Waals surface area contributed by atoms with Crippen LogP contribution in [-0.4, -0.2) is 29.1 Å². The van der Waals surface area contributed by atoms with Gasteiger partial charge in [0.1, 0.15) is 11.6 Å². The van der Waals surface area contributed by atoms with Crippen LogP contribution in [0.25, 0.3) is 0 Å². The second-order valence-corrected chi connectivity index (χ2v) is 5.38. The summed E-state index contributed by atoms with van der Waals surface area (Å²) < 4.78 is 26.6. The molecule has 0 aliphatic carbocycles. The lowest BCUT2D eigenvalue weighted by Gasteiger charge is -2.36. The summed E-state index contributed by atoms with van der Waals surface area (Å²) in [5.41, 5.74) is -0.379. The van der Waals surface area contributed by atoms with Crippen LogP contribution in [0.2, 0.25) is 0 Å². The first-order chi connectivity index (χ1) is 8.90. The Morgan fingerprint density at radius 3 is 2.58 bits per heavy atom. The summed E-state index contributed by atoms with van der Waals surface area (Å²) >= 11 is 0. The van der Waals surface area contributed by atoms with Crippen molar-refractivity contribution in [3.05, 3.63) is 35.4 Å². The molecule has 1 aliphatic heterocycles. The van der Waals surface area contributed by atoms with Gasteiger partial charge in [-0.25, -0.2) is 8.78 Å². The molecule has 1 heterocycles. The van der Waals surface area contributed by atoms with Gasteiger partial charge in [0.05, 0.1) is 5.41 Å². The number of carbonyl (C=O) groups is 1. The molecule has 0 amide bonds. The average molecular weight is 269 g/mol. The van der Waals surface area contributed by atoms with E-state index < -0.39 is 23.0 Å². The molecule has 104 valence electrons. The van der Waals surface area contributed by atoms with E-state index in [0.29, 0.717) is 38.0 Å². The van der Waals surface area contributed by atoms with Gasteiger partial charge in [0, 0.05) is 12.1 Å². The number of benzene rings is 1.